The number of nitrogens with one attached hydrogen (secondary N) is 1. The number of hydrogen-bond acceptors (Lipinski definition) is 4. The molecule has 0 bridgehead atoms. The van der Waals surface area contributed by atoms with Gasteiger partial charge in [-0.15, -0.1) is 11.3 Å². The smallest absolute Gasteiger partial charge is 0.224 e. The van der Waals surface area contributed by atoms with Crippen LogP contribution in [0.1, 0.15) is 47.5 Å². The van der Waals surface area contributed by atoms with Gasteiger partial charge in [-0.25, -0.2) is 0 Å². The number of anilines is 1. The Morgan fingerprint density at radius 3 is 2.65 bits per heavy atom. The molecule has 1 amide bonds. The molecule has 0 spiro atoms. The van der Waals surface area contributed by atoms with Crippen molar-refractivity contribution in [2.75, 3.05) is 18.0 Å². The van der Waals surface area contributed by atoms with E-state index in [-0.39, 0.29) is 11.7 Å². The lowest BCUT2D eigenvalue weighted by molar-refractivity contribution is -0.120. The van der Waals surface area contributed by atoms with Crippen LogP contribution in [0.25, 0.3) is 0 Å². The summed E-state index contributed by atoms with van der Waals surface area (Å²) in [6.07, 6.45) is 2.89. The van der Waals surface area contributed by atoms with E-state index in [1.54, 1.807) is 13.0 Å². The van der Waals surface area contributed by atoms with Crippen LogP contribution >= 0.6 is 11.3 Å². The van der Waals surface area contributed by atoms with Crippen molar-refractivity contribution in [3.63, 3.8) is 0 Å². The number of hydrogen-bond donors (Lipinski definition) is 1. The molecule has 4 nitrogen and oxygen atoms in total. The van der Waals surface area contributed by atoms with Gasteiger partial charge >= 0.3 is 0 Å². The van der Waals surface area contributed by atoms with Crippen LogP contribution in [-0.4, -0.2) is 24.8 Å². The molecule has 1 aliphatic heterocycles. The van der Waals surface area contributed by atoms with Gasteiger partial charge in [0.15, 0.2) is 5.78 Å². The van der Waals surface area contributed by atoms with Crippen molar-refractivity contribution in [3.05, 3.63) is 51.7 Å². The first-order valence-corrected chi connectivity index (χ1v) is 10.1. The number of benzene rings is 1. The van der Waals surface area contributed by atoms with Crippen molar-refractivity contribution in [1.29, 1.82) is 0 Å². The second kappa shape index (κ2) is 8.49. The molecule has 1 N–H and O–H groups in total. The molecule has 0 saturated carbocycles. The number of nitrogens with zero attached hydrogens (tertiary/aromatic N) is 1. The molecule has 1 fully saturated rings. The van der Waals surface area contributed by atoms with Gasteiger partial charge in [0.25, 0.3) is 0 Å². The number of rotatable bonds is 6. The van der Waals surface area contributed by atoms with E-state index >= 15 is 0 Å². The van der Waals surface area contributed by atoms with Gasteiger partial charge in [0.05, 0.1) is 11.3 Å². The van der Waals surface area contributed by atoms with E-state index < -0.39 is 0 Å². The second-order valence-electron chi connectivity index (χ2n) is 7.19. The van der Waals surface area contributed by atoms with E-state index in [0.29, 0.717) is 17.8 Å². The van der Waals surface area contributed by atoms with E-state index in [9.17, 15) is 9.59 Å². The van der Waals surface area contributed by atoms with Crippen LogP contribution < -0.4 is 10.2 Å². The first-order valence-electron chi connectivity index (χ1n) is 9.20. The molecule has 5 heteroatoms. The molecule has 1 aromatic heterocycles. The molecular weight excluding hydrogens is 344 g/mol. The summed E-state index contributed by atoms with van der Waals surface area (Å²) in [5.41, 5.74) is 3.26. The summed E-state index contributed by atoms with van der Waals surface area (Å²) in [4.78, 5) is 26.6. The summed E-state index contributed by atoms with van der Waals surface area (Å²) in [5, 5.41) is 4.84. The quantitative estimate of drug-likeness (QED) is 0.781. The van der Waals surface area contributed by atoms with Crippen molar-refractivity contribution < 1.29 is 9.59 Å². The van der Waals surface area contributed by atoms with Gasteiger partial charge in [0.2, 0.25) is 5.91 Å². The maximum Gasteiger partial charge on any atom is 0.224 e. The molecule has 1 saturated heterocycles. The van der Waals surface area contributed by atoms with Gasteiger partial charge < -0.3 is 10.2 Å². The number of amides is 1. The summed E-state index contributed by atoms with van der Waals surface area (Å²) in [6.45, 7) is 6.63. The highest BCUT2D eigenvalue weighted by Gasteiger charge is 2.16. The van der Waals surface area contributed by atoms with E-state index in [4.69, 9.17) is 0 Å². The van der Waals surface area contributed by atoms with Crippen LogP contribution in [0.5, 0.6) is 0 Å². The minimum Gasteiger partial charge on any atom is -0.371 e. The van der Waals surface area contributed by atoms with Crippen LogP contribution in [-0.2, 0) is 17.8 Å². The van der Waals surface area contributed by atoms with Crippen molar-refractivity contribution in [3.8, 4) is 0 Å². The standard InChI is InChI=1S/C21H26N2O2S/c1-15-4-3-9-23(13-15)19-7-5-17(6-8-19)12-22-21(25)11-18-10-20(16(2)24)26-14-18/h5-8,10,14-15H,3-4,9,11-13H2,1-2H3,(H,22,25)/t15-/m0/s1. The first-order chi connectivity index (χ1) is 12.5. The Labute approximate surface area is 159 Å². The van der Waals surface area contributed by atoms with Gasteiger partial charge in [-0.2, -0.15) is 0 Å². The Kier molecular flexibility index (Phi) is 6.09. The summed E-state index contributed by atoms with van der Waals surface area (Å²) < 4.78 is 0. The lowest BCUT2D eigenvalue weighted by Gasteiger charge is -2.32. The molecule has 1 aliphatic rings. The molecule has 2 aromatic rings. The Balaban J connectivity index is 1.49. The van der Waals surface area contributed by atoms with Gasteiger partial charge in [-0.3, -0.25) is 9.59 Å². The summed E-state index contributed by atoms with van der Waals surface area (Å²) in [5.74, 6) is 0.778. The summed E-state index contributed by atoms with van der Waals surface area (Å²) in [6, 6.07) is 10.3. The number of thiophene rings is 1. The largest absolute Gasteiger partial charge is 0.371 e. The normalized spacial score (nSPS) is 17.2. The predicted octanol–water partition coefficient (Wildman–Crippen LogP) is 4.05. The highest BCUT2D eigenvalue weighted by molar-refractivity contribution is 7.12. The molecular formula is C21H26N2O2S. The van der Waals surface area contributed by atoms with Crippen molar-refractivity contribution in [1.82, 2.24) is 5.32 Å². The third-order valence-electron chi connectivity index (χ3n) is 4.81. The van der Waals surface area contributed by atoms with Crippen molar-refractivity contribution >= 4 is 28.7 Å². The van der Waals surface area contributed by atoms with Crippen LogP contribution in [0.4, 0.5) is 5.69 Å². The van der Waals surface area contributed by atoms with Crippen LogP contribution in [0.2, 0.25) is 0 Å². The summed E-state index contributed by atoms with van der Waals surface area (Å²) >= 11 is 1.40. The van der Waals surface area contributed by atoms with E-state index in [2.05, 4.69) is 41.4 Å². The topological polar surface area (TPSA) is 49.4 Å². The fraction of sp³-hybridized carbons (Fsp3) is 0.429. The zero-order chi connectivity index (χ0) is 18.5. The van der Waals surface area contributed by atoms with Gasteiger partial charge in [0.1, 0.15) is 0 Å². The molecule has 2 heterocycles. The van der Waals surface area contributed by atoms with E-state index in [0.717, 1.165) is 30.1 Å². The Hall–Kier alpha value is -2.14. The van der Waals surface area contributed by atoms with Crippen LogP contribution in [0, 0.1) is 5.92 Å². The van der Waals surface area contributed by atoms with Crippen molar-refractivity contribution in [2.45, 2.75) is 39.7 Å². The number of carbonyl (C=O) groups excluding carboxylic acids is 2. The highest BCUT2D eigenvalue weighted by Crippen LogP contribution is 2.23. The highest BCUT2D eigenvalue weighted by atomic mass is 32.1. The molecule has 0 aliphatic carbocycles. The zero-order valence-corrected chi connectivity index (χ0v) is 16.3. The Morgan fingerprint density at radius 1 is 1.23 bits per heavy atom. The maximum atomic E-state index is 12.1. The molecule has 3 rings (SSSR count). The Bertz CT molecular complexity index is 767. The fourth-order valence-electron chi connectivity index (χ4n) is 3.35. The zero-order valence-electron chi connectivity index (χ0n) is 15.5. The minimum absolute atomic E-state index is 0.0215. The molecule has 1 atom stereocenters. The molecule has 1 aromatic carbocycles. The maximum absolute atomic E-state index is 12.1. The predicted molar refractivity (Wildman–Crippen MR) is 107 cm³/mol. The number of carbonyl (C=O) groups is 2. The van der Waals surface area contributed by atoms with Gasteiger partial charge in [0, 0.05) is 25.3 Å². The molecule has 0 unspecified atom stereocenters. The molecule has 0 radical (unpaired) electrons. The molecule has 26 heavy (non-hydrogen) atoms. The number of piperidine rings is 1. The van der Waals surface area contributed by atoms with E-state index in [1.807, 2.05) is 5.38 Å². The average Bonchev–Trinajstić information content (AvgIpc) is 3.09. The van der Waals surface area contributed by atoms with Gasteiger partial charge in [-0.1, -0.05) is 19.1 Å². The van der Waals surface area contributed by atoms with Gasteiger partial charge in [-0.05, 0) is 60.4 Å². The second-order valence-corrected chi connectivity index (χ2v) is 8.10. The van der Waals surface area contributed by atoms with Crippen LogP contribution in [0.3, 0.4) is 0 Å². The third-order valence-corrected chi connectivity index (χ3v) is 5.89. The fourth-order valence-corrected chi connectivity index (χ4v) is 4.17. The number of ketones is 1. The van der Waals surface area contributed by atoms with Crippen LogP contribution in [0.15, 0.2) is 35.7 Å². The molecule has 138 valence electrons. The third kappa shape index (κ3) is 4.94. The van der Waals surface area contributed by atoms with Crippen molar-refractivity contribution in [2.24, 2.45) is 5.92 Å². The minimum atomic E-state index is -0.0215. The Morgan fingerprint density at radius 2 is 2.00 bits per heavy atom. The SMILES string of the molecule is CC(=O)c1cc(CC(=O)NCc2ccc(N3CCC[C@H](C)C3)cc2)cs1. The lowest BCUT2D eigenvalue weighted by Crippen LogP contribution is -2.34. The lowest BCUT2D eigenvalue weighted by atomic mass is 9.99. The monoisotopic (exact) mass is 370 g/mol. The first kappa shape index (κ1) is 18.6. The van der Waals surface area contributed by atoms with E-state index in [1.165, 1.54) is 29.9 Å². The average molecular weight is 371 g/mol. The summed E-state index contributed by atoms with van der Waals surface area (Å²) in [7, 11) is 0. The number of Topliss-reactive ketones (excluding diaryl/α,β-unsaturated/α-hetero) is 1.